The predicted molar refractivity (Wildman–Crippen MR) is 21.1 cm³/mol. The van der Waals surface area contributed by atoms with Gasteiger partial charge in [-0.1, -0.05) is 0 Å². The second-order valence-electron chi connectivity index (χ2n) is 1.57. The molecule has 0 saturated carbocycles. The Bertz CT molecular complexity index is 577. The summed E-state index contributed by atoms with van der Waals surface area (Å²) in [6.45, 7) is 0. The molecule has 175 valence electrons. The minimum atomic E-state index is -4.20. The van der Waals surface area contributed by atoms with Crippen molar-refractivity contribution in [2.75, 3.05) is 0 Å². The van der Waals surface area contributed by atoms with Gasteiger partial charge in [0.25, 0.3) is 0 Å². The van der Waals surface area contributed by atoms with E-state index in [4.69, 9.17) is 70.8 Å². The first-order valence-corrected chi connectivity index (χ1v) is 22.7. The monoisotopic (exact) mass is 1270 g/mol. The second kappa shape index (κ2) is 59.4. The Morgan fingerprint density at radius 1 is 0.290 bits per heavy atom. The molecule has 0 heterocycles. The molecule has 0 N–H and O–H groups in total. The van der Waals surface area contributed by atoms with Crippen LogP contribution < -0.4 is 25.3 Å². The Hall–Kier alpha value is 4.31. The van der Waals surface area contributed by atoms with Gasteiger partial charge in [0, 0.05) is 0 Å². The molecule has 0 aromatic carbocycles. The van der Waals surface area contributed by atoms with Crippen LogP contribution in [0, 0.1) is 0 Å². The van der Waals surface area contributed by atoms with Crippen LogP contribution in [0.3, 0.4) is 0 Å². The Labute approximate surface area is 264 Å². The zero-order valence-electron chi connectivity index (χ0n) is 13.3. The van der Waals surface area contributed by atoms with E-state index in [0.717, 1.165) is 0 Å². The number of hydrogen-bond acceptors (Lipinski definition) is 21. The molecule has 0 fully saturated rings. The molecule has 0 amide bonds. The number of rotatable bonds is 0. The summed E-state index contributed by atoms with van der Waals surface area (Å²) in [5, 5.41) is 0. The minimum Gasteiger partial charge on any atom is 2.00 e. The SMILES string of the molecule is [Fe+3].[Mg+2].[O]=[Nb](=[O])[O-].[O]=[Nb](=[O])[O-].[O]=[Nb](=[O])[O-].[O]=[Nb](=[O])[O-].[O]=[Nb](=[O])[O-].[O]=[Nb](=[O])[O-].[O]=[Nb](=[O])[O-].[Pb+2]. The smallest absolute Gasteiger partial charge is 2.00 e. The van der Waals surface area contributed by atoms with Gasteiger partial charge in [-0.15, -0.1) is 0 Å². The van der Waals surface area contributed by atoms with Crippen LogP contribution >= 0.6 is 0 Å². The molecule has 31 heavy (non-hydrogen) atoms. The molecule has 0 aromatic heterocycles. The van der Waals surface area contributed by atoms with E-state index in [-0.39, 0.29) is 67.4 Å². The van der Waals surface area contributed by atoms with E-state index in [0.29, 0.717) is 0 Å². The van der Waals surface area contributed by atoms with E-state index >= 15 is 0 Å². The summed E-state index contributed by atoms with van der Waals surface area (Å²) >= 11 is -29.4. The molecule has 0 aromatic rings. The summed E-state index contributed by atoms with van der Waals surface area (Å²) in [6.07, 6.45) is 0. The number of hydrogen-bond donors (Lipinski definition) is 0. The zero-order valence-corrected chi connectivity index (χ0v) is 35.1. The largest absolute Gasteiger partial charge is 2.00 e. The van der Waals surface area contributed by atoms with Gasteiger partial charge in [0.1, 0.15) is 0 Å². The Balaban J connectivity index is -0.0000000204. The first-order valence-electron chi connectivity index (χ1n) is 3.83. The molecule has 0 atom stereocenters. The molecule has 0 saturated heterocycles. The van der Waals surface area contributed by atoms with E-state index in [1.807, 2.05) is 0 Å². The molecule has 0 aliphatic heterocycles. The third-order valence-corrected chi connectivity index (χ3v) is 0. The molecular weight excluding hydrogens is 1270 g/mol. The fourth-order valence-corrected chi connectivity index (χ4v) is 0. The molecule has 0 spiro atoms. The van der Waals surface area contributed by atoms with Crippen molar-refractivity contribution in [1.29, 1.82) is 0 Å². The summed E-state index contributed by atoms with van der Waals surface area (Å²) in [6, 6.07) is 0. The molecule has 3 radical (unpaired) electrons. The van der Waals surface area contributed by atoms with Gasteiger partial charge in [0.2, 0.25) is 0 Å². The molecule has 31 heteroatoms. The van der Waals surface area contributed by atoms with E-state index in [9.17, 15) is 0 Å². The second-order valence-corrected chi connectivity index (χ2v) is 9.26. The van der Waals surface area contributed by atoms with E-state index in [1.54, 1.807) is 0 Å². The van der Waals surface area contributed by atoms with Crippen LogP contribution in [0.2, 0.25) is 0 Å². The Morgan fingerprint density at radius 2 is 0.290 bits per heavy atom. The van der Waals surface area contributed by atoms with Crippen LogP contribution in [-0.4, -0.2) is 50.4 Å². The van der Waals surface area contributed by atoms with E-state index in [1.165, 1.54) is 0 Å². The maximum atomic E-state index is 8.60. The van der Waals surface area contributed by atoms with E-state index in [2.05, 4.69) is 0 Å². The Morgan fingerprint density at radius 3 is 0.290 bits per heavy atom. The van der Waals surface area contributed by atoms with Crippen LogP contribution in [0.1, 0.15) is 0 Å². The van der Waals surface area contributed by atoms with Crippen molar-refractivity contribution in [3.8, 4) is 0 Å². The van der Waals surface area contributed by atoms with Crippen molar-refractivity contribution in [3.63, 3.8) is 0 Å². The van der Waals surface area contributed by atoms with Gasteiger partial charge in [-0.3, -0.25) is 0 Å². The van der Waals surface area contributed by atoms with Crippen LogP contribution in [0.15, 0.2) is 0 Å². The third kappa shape index (κ3) is 1930. The van der Waals surface area contributed by atoms with Crippen molar-refractivity contribution >= 4 is 50.4 Å². The predicted octanol–water partition coefficient (Wildman–Crippen LogP) is -10.8. The quantitative estimate of drug-likeness (QED) is 0.203. The fourth-order valence-electron chi connectivity index (χ4n) is 0. The van der Waals surface area contributed by atoms with Crippen molar-refractivity contribution in [2.45, 2.75) is 0 Å². The summed E-state index contributed by atoms with van der Waals surface area (Å²) in [7, 11) is 0. The Kier molecular flexibility index (Phi) is 124. The molecule has 0 rings (SSSR count). The first-order chi connectivity index (χ1) is 12.1. The average molecular weight is 1270 g/mol. The van der Waals surface area contributed by atoms with Crippen LogP contribution in [0.5, 0.6) is 0 Å². The fraction of sp³-hybridized carbons (Fsp3) is 0. The standard InChI is InChI=1S/Fe.Mg.7Nb.21O.Pb/q+3;+2;;;;;;;;;;;;;;;;;;;;;;7*-1;+2. The third-order valence-electron chi connectivity index (χ3n) is 0. The summed E-state index contributed by atoms with van der Waals surface area (Å²) < 4.78 is 181. The maximum Gasteiger partial charge on any atom is 2.00 e. The van der Waals surface area contributed by atoms with Crippen molar-refractivity contribution in [1.82, 2.24) is 0 Å². The summed E-state index contributed by atoms with van der Waals surface area (Å²) in [4.78, 5) is 0. The van der Waals surface area contributed by atoms with Gasteiger partial charge in [-0.05, 0) is 0 Å². The topological polar surface area (TPSA) is 400 Å². The summed E-state index contributed by atoms with van der Waals surface area (Å²) in [5.41, 5.74) is 0. The van der Waals surface area contributed by atoms with Crippen LogP contribution in [0.25, 0.3) is 0 Å². The van der Waals surface area contributed by atoms with Gasteiger partial charge in [0.05, 0.1) is 0 Å². The maximum absolute atomic E-state index is 8.60. The minimum absolute atomic E-state index is 0. The molecular formula is FeMgNb7O21Pb. The summed E-state index contributed by atoms with van der Waals surface area (Å²) in [5.74, 6) is 0. The van der Waals surface area contributed by atoms with E-state index < -0.39 is 131 Å². The van der Waals surface area contributed by atoms with Gasteiger partial charge >= 0.3 is 270 Å². The van der Waals surface area contributed by atoms with Crippen LogP contribution in [0.4, 0.5) is 0 Å². The molecule has 0 unspecified atom stereocenters. The average Bonchev–Trinajstić information content (AvgIpc) is 2.20. The normalized spacial score (nSPS) is 5.65. The first kappa shape index (κ1) is 64.9. The van der Waals surface area contributed by atoms with Gasteiger partial charge in [-0.25, -0.2) is 0 Å². The van der Waals surface area contributed by atoms with Crippen molar-refractivity contribution in [2.24, 2.45) is 0 Å². The van der Waals surface area contributed by atoms with Crippen molar-refractivity contribution < 1.29 is 219 Å². The van der Waals surface area contributed by atoms with Gasteiger partial charge in [-0.2, -0.15) is 0 Å². The van der Waals surface area contributed by atoms with Crippen molar-refractivity contribution in [3.05, 3.63) is 0 Å². The van der Waals surface area contributed by atoms with Gasteiger partial charge < -0.3 is 0 Å². The molecule has 21 nitrogen and oxygen atoms in total. The molecule has 0 aliphatic rings. The molecule has 0 aliphatic carbocycles. The van der Waals surface area contributed by atoms with Gasteiger partial charge in [0.15, 0.2) is 0 Å². The molecule has 0 bridgehead atoms. The zero-order chi connectivity index (χ0) is 25.0. The van der Waals surface area contributed by atoms with Crippen LogP contribution in [-0.2, 0) is 194 Å².